The van der Waals surface area contributed by atoms with E-state index >= 15 is 0 Å². The summed E-state index contributed by atoms with van der Waals surface area (Å²) >= 11 is 1.28. The quantitative estimate of drug-likeness (QED) is 0.707. The monoisotopic (exact) mass is 314 g/mol. The van der Waals surface area contributed by atoms with Crippen molar-refractivity contribution < 1.29 is 13.2 Å². The first-order chi connectivity index (χ1) is 9.86. The van der Waals surface area contributed by atoms with Crippen molar-refractivity contribution >= 4 is 11.8 Å². The van der Waals surface area contributed by atoms with Crippen LogP contribution in [0.2, 0.25) is 0 Å². The number of halogens is 3. The fourth-order valence-corrected chi connectivity index (χ4v) is 3.37. The Hall–Kier alpha value is -1.22. The third-order valence-corrected chi connectivity index (χ3v) is 4.58. The number of aromatic nitrogens is 1. The summed E-state index contributed by atoms with van der Waals surface area (Å²) in [5, 5.41) is 9.52. The van der Waals surface area contributed by atoms with Gasteiger partial charge in [-0.15, -0.1) is 11.8 Å². The second kappa shape index (κ2) is 6.27. The van der Waals surface area contributed by atoms with Crippen molar-refractivity contribution in [2.24, 2.45) is 0 Å². The van der Waals surface area contributed by atoms with E-state index in [0.717, 1.165) is 31.7 Å². The number of alkyl halides is 3. The van der Waals surface area contributed by atoms with E-state index in [9.17, 15) is 13.2 Å². The summed E-state index contributed by atoms with van der Waals surface area (Å²) in [5.41, 5.74) is -0.694. The van der Waals surface area contributed by atoms with E-state index in [0.29, 0.717) is 5.69 Å². The Balaban J connectivity index is 2.46. The van der Waals surface area contributed by atoms with E-state index in [2.05, 4.69) is 4.98 Å². The number of hydrogen-bond donors (Lipinski definition) is 0. The van der Waals surface area contributed by atoms with Crippen LogP contribution in [0.3, 0.4) is 0 Å². The molecular weight excluding hydrogens is 297 g/mol. The third kappa shape index (κ3) is 3.91. The van der Waals surface area contributed by atoms with Gasteiger partial charge in [-0.1, -0.05) is 20.3 Å². The van der Waals surface area contributed by atoms with Crippen LogP contribution in [0.15, 0.2) is 11.1 Å². The van der Waals surface area contributed by atoms with Crippen LogP contribution in [-0.2, 0) is 6.18 Å². The highest BCUT2D eigenvalue weighted by Gasteiger charge is 2.38. The zero-order valence-electron chi connectivity index (χ0n) is 12.0. The molecule has 0 N–H and O–H groups in total. The van der Waals surface area contributed by atoms with Gasteiger partial charge in [-0.2, -0.15) is 18.4 Å². The van der Waals surface area contributed by atoms with Crippen LogP contribution in [-0.4, -0.2) is 10.2 Å². The molecule has 1 fully saturated rings. The van der Waals surface area contributed by atoms with Gasteiger partial charge in [-0.05, 0) is 25.3 Å². The summed E-state index contributed by atoms with van der Waals surface area (Å²) in [5.74, 6) is 0.125. The molecule has 1 unspecified atom stereocenters. The van der Waals surface area contributed by atoms with Crippen LogP contribution < -0.4 is 0 Å². The highest BCUT2D eigenvalue weighted by Crippen LogP contribution is 2.44. The minimum absolute atomic E-state index is 0.125. The molecule has 21 heavy (non-hydrogen) atoms. The minimum atomic E-state index is -4.51. The van der Waals surface area contributed by atoms with Crippen LogP contribution in [0, 0.1) is 11.3 Å². The van der Waals surface area contributed by atoms with Crippen molar-refractivity contribution in [3.05, 3.63) is 22.9 Å². The fourth-order valence-electron chi connectivity index (χ4n) is 2.20. The van der Waals surface area contributed by atoms with Crippen LogP contribution in [0.25, 0.3) is 0 Å². The molecule has 0 aliphatic heterocycles. The van der Waals surface area contributed by atoms with Crippen molar-refractivity contribution in [1.82, 2.24) is 4.98 Å². The van der Waals surface area contributed by atoms with Crippen LogP contribution in [0.4, 0.5) is 13.2 Å². The largest absolute Gasteiger partial charge is 0.417 e. The lowest BCUT2D eigenvalue weighted by molar-refractivity contribution is -0.138. The van der Waals surface area contributed by atoms with Crippen LogP contribution in [0.5, 0.6) is 0 Å². The van der Waals surface area contributed by atoms with E-state index in [1.54, 1.807) is 6.07 Å². The number of hydrogen-bond acceptors (Lipinski definition) is 3. The lowest BCUT2D eigenvalue weighted by Gasteiger charge is -2.16. The van der Waals surface area contributed by atoms with Crippen molar-refractivity contribution in [2.75, 3.05) is 0 Å². The highest BCUT2D eigenvalue weighted by atomic mass is 32.2. The summed E-state index contributed by atoms with van der Waals surface area (Å²) < 4.78 is 39.5. The maximum atomic E-state index is 13.2. The molecule has 0 bridgehead atoms. The van der Waals surface area contributed by atoms with Gasteiger partial charge in [0.2, 0.25) is 0 Å². The molecule has 0 amide bonds. The van der Waals surface area contributed by atoms with E-state index in [1.165, 1.54) is 11.8 Å². The summed E-state index contributed by atoms with van der Waals surface area (Å²) in [7, 11) is 0. The lowest BCUT2D eigenvalue weighted by Crippen LogP contribution is -2.12. The van der Waals surface area contributed by atoms with E-state index in [4.69, 9.17) is 5.26 Å². The number of rotatable bonds is 5. The van der Waals surface area contributed by atoms with Gasteiger partial charge in [-0.3, -0.25) is 0 Å². The van der Waals surface area contributed by atoms with Gasteiger partial charge >= 0.3 is 6.18 Å². The second-order valence-corrected chi connectivity index (χ2v) is 6.80. The third-order valence-electron chi connectivity index (χ3n) is 3.43. The molecule has 1 atom stereocenters. The van der Waals surface area contributed by atoms with Gasteiger partial charge in [-0.25, -0.2) is 4.98 Å². The normalized spacial score (nSPS) is 16.6. The molecule has 2 rings (SSSR count). The first kappa shape index (κ1) is 16.2. The molecule has 0 radical (unpaired) electrons. The van der Waals surface area contributed by atoms with Gasteiger partial charge in [0.05, 0.1) is 11.1 Å². The Kier molecular flexibility index (Phi) is 4.82. The average molecular weight is 314 g/mol. The van der Waals surface area contributed by atoms with Crippen molar-refractivity contribution in [1.29, 1.82) is 5.26 Å². The Bertz CT molecular complexity index is 559. The number of pyridine rings is 1. The molecular formula is C15H17F3N2S. The van der Waals surface area contributed by atoms with Crippen LogP contribution >= 0.6 is 11.8 Å². The van der Waals surface area contributed by atoms with Gasteiger partial charge in [0, 0.05) is 16.9 Å². The summed E-state index contributed by atoms with van der Waals surface area (Å²) in [6, 6.07) is 2.76. The first-order valence-electron chi connectivity index (χ1n) is 7.05. The molecule has 114 valence electrons. The SMILES string of the molecule is CCCC(C)Sc1nc(C2CC2)cc(C(F)(F)F)c1C#N. The molecule has 1 saturated carbocycles. The van der Waals surface area contributed by atoms with Gasteiger partial charge in [0.1, 0.15) is 11.1 Å². The number of nitriles is 1. The molecule has 1 aliphatic rings. The number of nitrogens with zero attached hydrogens (tertiary/aromatic N) is 2. The van der Waals surface area contributed by atoms with Gasteiger partial charge in [0.25, 0.3) is 0 Å². The van der Waals surface area contributed by atoms with E-state index < -0.39 is 11.7 Å². The number of thioether (sulfide) groups is 1. The highest BCUT2D eigenvalue weighted by molar-refractivity contribution is 7.99. The molecule has 0 spiro atoms. The maximum absolute atomic E-state index is 13.2. The molecule has 6 heteroatoms. The molecule has 1 aromatic rings. The van der Waals surface area contributed by atoms with Crippen molar-refractivity contribution in [2.45, 2.75) is 61.9 Å². The molecule has 2 nitrogen and oxygen atoms in total. The summed E-state index contributed by atoms with van der Waals surface area (Å²) in [6.45, 7) is 3.98. The van der Waals surface area contributed by atoms with Crippen LogP contribution in [0.1, 0.15) is 62.3 Å². The molecule has 1 aromatic heterocycles. The maximum Gasteiger partial charge on any atom is 0.417 e. The first-order valence-corrected chi connectivity index (χ1v) is 7.93. The minimum Gasteiger partial charge on any atom is -0.245 e. The van der Waals surface area contributed by atoms with Crippen molar-refractivity contribution in [3.8, 4) is 6.07 Å². The van der Waals surface area contributed by atoms with E-state index in [-0.39, 0.29) is 21.8 Å². The van der Waals surface area contributed by atoms with E-state index in [1.807, 2.05) is 13.8 Å². The molecule has 1 aliphatic carbocycles. The zero-order chi connectivity index (χ0) is 15.6. The molecule has 0 saturated heterocycles. The summed E-state index contributed by atoms with van der Waals surface area (Å²) in [4.78, 5) is 4.34. The fraction of sp³-hybridized carbons (Fsp3) is 0.600. The Morgan fingerprint density at radius 1 is 1.48 bits per heavy atom. The smallest absolute Gasteiger partial charge is 0.245 e. The lowest BCUT2D eigenvalue weighted by atomic mass is 10.1. The second-order valence-electron chi connectivity index (χ2n) is 5.38. The van der Waals surface area contributed by atoms with Gasteiger partial charge in [0.15, 0.2) is 0 Å². The topological polar surface area (TPSA) is 36.7 Å². The Morgan fingerprint density at radius 3 is 2.62 bits per heavy atom. The average Bonchev–Trinajstić information content (AvgIpc) is 3.21. The predicted molar refractivity (Wildman–Crippen MR) is 76.2 cm³/mol. The van der Waals surface area contributed by atoms with Gasteiger partial charge < -0.3 is 0 Å². The standard InChI is InChI=1S/C15H17F3N2S/c1-3-4-9(2)21-14-11(8-19)12(15(16,17)18)7-13(20-14)10-5-6-10/h7,9-10H,3-6H2,1-2H3. The molecule has 1 heterocycles. The zero-order valence-corrected chi connectivity index (χ0v) is 12.8. The summed E-state index contributed by atoms with van der Waals surface area (Å²) in [6.07, 6.45) is -0.923. The Morgan fingerprint density at radius 2 is 2.14 bits per heavy atom. The Labute approximate surface area is 126 Å². The van der Waals surface area contributed by atoms with Crippen molar-refractivity contribution in [3.63, 3.8) is 0 Å². The molecule has 0 aromatic carbocycles. The predicted octanol–water partition coefficient (Wildman–Crippen LogP) is 5.13.